The summed E-state index contributed by atoms with van der Waals surface area (Å²) in [6.07, 6.45) is 3.97. The molecule has 0 saturated heterocycles. The number of aryl methyl sites for hydroxylation is 1. The minimum Gasteiger partial charge on any atom is -0.508 e. The lowest BCUT2D eigenvalue weighted by molar-refractivity contribution is 0.475. The minimum absolute atomic E-state index is 0.253. The highest BCUT2D eigenvalue weighted by molar-refractivity contribution is 5.79. The van der Waals surface area contributed by atoms with Crippen LogP contribution in [0.25, 0.3) is 34.7 Å². The van der Waals surface area contributed by atoms with Crippen molar-refractivity contribution in [1.29, 1.82) is 0 Å². The van der Waals surface area contributed by atoms with E-state index >= 15 is 0 Å². The van der Waals surface area contributed by atoms with Crippen LogP contribution in [0.4, 0.5) is 0 Å². The first-order valence-electron chi connectivity index (χ1n) is 9.17. The SMILES string of the molecule is Cc1nc(-c2ccccc2)c(/C=C/c2ccc(O)cc2)nc1-c1ccccc1. The number of nitrogens with zero attached hydrogens (tertiary/aromatic N) is 2. The summed E-state index contributed by atoms with van der Waals surface area (Å²) >= 11 is 0. The van der Waals surface area contributed by atoms with E-state index in [9.17, 15) is 5.11 Å². The number of hydrogen-bond donors (Lipinski definition) is 1. The van der Waals surface area contributed by atoms with Crippen LogP contribution in [0.15, 0.2) is 84.9 Å². The lowest BCUT2D eigenvalue weighted by Gasteiger charge is -2.11. The normalized spacial score (nSPS) is 11.0. The zero-order chi connectivity index (χ0) is 19.3. The molecular formula is C25H20N2O. The molecule has 0 bridgehead atoms. The highest BCUT2D eigenvalue weighted by Gasteiger charge is 2.12. The molecule has 3 nitrogen and oxygen atoms in total. The first-order valence-corrected chi connectivity index (χ1v) is 9.17. The van der Waals surface area contributed by atoms with Gasteiger partial charge in [0.1, 0.15) is 5.75 Å². The van der Waals surface area contributed by atoms with E-state index in [1.165, 1.54) is 0 Å². The van der Waals surface area contributed by atoms with Crippen LogP contribution in [0, 0.1) is 6.92 Å². The molecule has 0 radical (unpaired) electrons. The maximum atomic E-state index is 9.48. The molecule has 3 aromatic carbocycles. The molecule has 0 fully saturated rings. The van der Waals surface area contributed by atoms with E-state index in [1.807, 2.05) is 91.9 Å². The van der Waals surface area contributed by atoms with Crippen molar-refractivity contribution in [3.63, 3.8) is 0 Å². The van der Waals surface area contributed by atoms with Gasteiger partial charge in [-0.15, -0.1) is 0 Å². The first kappa shape index (κ1) is 17.7. The van der Waals surface area contributed by atoms with Crippen molar-refractivity contribution in [2.24, 2.45) is 0 Å². The number of aromatic nitrogens is 2. The Labute approximate surface area is 164 Å². The van der Waals surface area contributed by atoms with Crippen LogP contribution in [-0.2, 0) is 0 Å². The van der Waals surface area contributed by atoms with Crippen molar-refractivity contribution in [1.82, 2.24) is 9.97 Å². The highest BCUT2D eigenvalue weighted by Crippen LogP contribution is 2.28. The van der Waals surface area contributed by atoms with Crippen molar-refractivity contribution in [3.8, 4) is 28.3 Å². The Bertz CT molecular complexity index is 1100. The van der Waals surface area contributed by atoms with Crippen LogP contribution >= 0.6 is 0 Å². The Morgan fingerprint density at radius 2 is 1.21 bits per heavy atom. The molecule has 136 valence electrons. The summed E-state index contributed by atoms with van der Waals surface area (Å²) in [5.74, 6) is 0.253. The van der Waals surface area contributed by atoms with Gasteiger partial charge in [-0.25, -0.2) is 9.97 Å². The maximum Gasteiger partial charge on any atom is 0.115 e. The molecule has 0 aliphatic heterocycles. The quantitative estimate of drug-likeness (QED) is 0.483. The van der Waals surface area contributed by atoms with E-state index < -0.39 is 0 Å². The van der Waals surface area contributed by atoms with Gasteiger partial charge in [-0.1, -0.05) is 78.9 Å². The third-order valence-corrected chi connectivity index (χ3v) is 4.52. The smallest absolute Gasteiger partial charge is 0.115 e. The molecule has 28 heavy (non-hydrogen) atoms. The van der Waals surface area contributed by atoms with Crippen LogP contribution in [0.3, 0.4) is 0 Å². The van der Waals surface area contributed by atoms with E-state index in [4.69, 9.17) is 9.97 Å². The Kier molecular flexibility index (Phi) is 4.98. The molecule has 0 atom stereocenters. The number of hydrogen-bond acceptors (Lipinski definition) is 3. The summed E-state index contributed by atoms with van der Waals surface area (Å²) in [5.41, 5.74) is 6.50. The third kappa shape index (κ3) is 3.84. The predicted octanol–water partition coefficient (Wildman–Crippen LogP) is 6.00. The molecule has 0 unspecified atom stereocenters. The van der Waals surface area contributed by atoms with Crippen LogP contribution in [0.5, 0.6) is 5.75 Å². The second kappa shape index (κ2) is 7.89. The van der Waals surface area contributed by atoms with E-state index in [1.54, 1.807) is 12.1 Å². The second-order valence-electron chi connectivity index (χ2n) is 6.55. The lowest BCUT2D eigenvalue weighted by Crippen LogP contribution is -1.99. The maximum absolute atomic E-state index is 9.48. The number of aromatic hydroxyl groups is 1. The Balaban J connectivity index is 1.84. The molecule has 1 heterocycles. The number of phenols is 1. The summed E-state index contributed by atoms with van der Waals surface area (Å²) in [5, 5.41) is 9.48. The fourth-order valence-electron chi connectivity index (χ4n) is 3.09. The fourth-order valence-corrected chi connectivity index (χ4v) is 3.09. The van der Waals surface area contributed by atoms with Crippen molar-refractivity contribution >= 4 is 12.2 Å². The van der Waals surface area contributed by atoms with E-state index in [2.05, 4.69) is 0 Å². The number of phenolic OH excluding ortho intramolecular Hbond substituents is 1. The largest absolute Gasteiger partial charge is 0.508 e. The standard InChI is InChI=1S/C25H20N2O/c1-18-24(20-8-4-2-5-9-20)27-23(17-14-19-12-15-22(28)16-13-19)25(26-18)21-10-6-3-7-11-21/h2-17,28H,1H3/b17-14+. The van der Waals surface area contributed by atoms with Crippen LogP contribution in [0.1, 0.15) is 17.0 Å². The molecule has 0 aliphatic rings. The minimum atomic E-state index is 0.253. The second-order valence-corrected chi connectivity index (χ2v) is 6.55. The summed E-state index contributed by atoms with van der Waals surface area (Å²) in [7, 11) is 0. The molecule has 1 aromatic heterocycles. The molecule has 0 amide bonds. The molecule has 0 aliphatic carbocycles. The van der Waals surface area contributed by atoms with E-state index in [0.717, 1.165) is 39.5 Å². The topological polar surface area (TPSA) is 46.0 Å². The molecule has 3 heteroatoms. The number of benzene rings is 3. The van der Waals surface area contributed by atoms with Crippen molar-refractivity contribution in [2.75, 3.05) is 0 Å². The zero-order valence-corrected chi connectivity index (χ0v) is 15.6. The van der Waals surface area contributed by atoms with Crippen molar-refractivity contribution in [3.05, 3.63) is 102 Å². The van der Waals surface area contributed by atoms with Crippen molar-refractivity contribution in [2.45, 2.75) is 6.92 Å². The number of rotatable bonds is 4. The third-order valence-electron chi connectivity index (χ3n) is 4.52. The average molecular weight is 364 g/mol. The summed E-state index contributed by atoms with van der Waals surface area (Å²) < 4.78 is 0. The highest BCUT2D eigenvalue weighted by atomic mass is 16.3. The molecule has 0 saturated carbocycles. The van der Waals surface area contributed by atoms with Gasteiger partial charge in [0.15, 0.2) is 0 Å². The van der Waals surface area contributed by atoms with Gasteiger partial charge in [0.05, 0.1) is 22.8 Å². The van der Waals surface area contributed by atoms with Gasteiger partial charge in [-0.2, -0.15) is 0 Å². The Hall–Kier alpha value is -3.72. The van der Waals surface area contributed by atoms with Crippen molar-refractivity contribution < 1.29 is 5.11 Å². The molecule has 4 aromatic rings. The molecule has 0 spiro atoms. The van der Waals surface area contributed by atoms with Crippen LogP contribution < -0.4 is 0 Å². The van der Waals surface area contributed by atoms with E-state index in [-0.39, 0.29) is 5.75 Å². The zero-order valence-electron chi connectivity index (χ0n) is 15.6. The van der Waals surface area contributed by atoms with Gasteiger partial charge in [0.25, 0.3) is 0 Å². The summed E-state index contributed by atoms with van der Waals surface area (Å²) in [4.78, 5) is 9.85. The van der Waals surface area contributed by atoms with Crippen LogP contribution in [0.2, 0.25) is 0 Å². The first-order chi connectivity index (χ1) is 13.7. The Morgan fingerprint density at radius 1 is 0.643 bits per heavy atom. The molecular weight excluding hydrogens is 344 g/mol. The van der Waals surface area contributed by atoms with Gasteiger partial charge in [0, 0.05) is 11.1 Å². The van der Waals surface area contributed by atoms with Gasteiger partial charge in [-0.3, -0.25) is 0 Å². The monoisotopic (exact) mass is 364 g/mol. The van der Waals surface area contributed by atoms with E-state index in [0.29, 0.717) is 0 Å². The summed E-state index contributed by atoms with van der Waals surface area (Å²) in [6, 6.07) is 27.3. The fraction of sp³-hybridized carbons (Fsp3) is 0.0400. The Morgan fingerprint density at radius 3 is 1.82 bits per heavy atom. The predicted molar refractivity (Wildman–Crippen MR) is 115 cm³/mol. The van der Waals surface area contributed by atoms with Gasteiger partial charge in [0.2, 0.25) is 0 Å². The van der Waals surface area contributed by atoms with Crippen LogP contribution in [-0.4, -0.2) is 15.1 Å². The molecule has 1 N–H and O–H groups in total. The van der Waals surface area contributed by atoms with Gasteiger partial charge in [-0.05, 0) is 30.7 Å². The molecule has 4 rings (SSSR count). The summed E-state index contributed by atoms with van der Waals surface area (Å²) in [6.45, 7) is 2.00. The van der Waals surface area contributed by atoms with Gasteiger partial charge < -0.3 is 5.11 Å². The van der Waals surface area contributed by atoms with Gasteiger partial charge >= 0.3 is 0 Å². The lowest BCUT2D eigenvalue weighted by atomic mass is 10.1. The average Bonchev–Trinajstić information content (AvgIpc) is 2.75.